The Balaban J connectivity index is 2.22. The van der Waals surface area contributed by atoms with Gasteiger partial charge in [0.2, 0.25) is 0 Å². The number of nitrogens with one attached hydrogen (secondary N) is 1. The minimum Gasteiger partial charge on any atom is -0.497 e. The number of amidine groups is 1. The maximum atomic E-state index is 7.15. The van der Waals surface area contributed by atoms with Crippen LogP contribution >= 0.6 is 0 Å². The van der Waals surface area contributed by atoms with Gasteiger partial charge >= 0.3 is 0 Å². The number of nitrogens with two attached hydrogens (primary N) is 1. The first-order valence-electron chi connectivity index (χ1n) is 5.90. The number of hydrogen-bond acceptors (Lipinski definition) is 4. The van der Waals surface area contributed by atoms with Crippen LogP contribution in [0.2, 0.25) is 0 Å². The molecule has 0 radical (unpaired) electrons. The Hall–Kier alpha value is -1.75. The van der Waals surface area contributed by atoms with E-state index in [-0.39, 0.29) is 5.84 Å². The van der Waals surface area contributed by atoms with E-state index < -0.39 is 0 Å². The van der Waals surface area contributed by atoms with Crippen LogP contribution in [0, 0.1) is 5.41 Å². The van der Waals surface area contributed by atoms with Gasteiger partial charge in [0.1, 0.15) is 18.1 Å². The third kappa shape index (κ3) is 5.54. The van der Waals surface area contributed by atoms with E-state index in [0.717, 1.165) is 24.6 Å². The van der Waals surface area contributed by atoms with Crippen molar-refractivity contribution in [2.45, 2.75) is 6.42 Å². The third-order valence-electron chi connectivity index (χ3n) is 2.56. The Labute approximate surface area is 108 Å². The van der Waals surface area contributed by atoms with Crippen LogP contribution in [0.3, 0.4) is 0 Å². The van der Waals surface area contributed by atoms with Gasteiger partial charge in [0.05, 0.1) is 12.9 Å². The zero-order valence-corrected chi connectivity index (χ0v) is 11.0. The van der Waals surface area contributed by atoms with E-state index in [9.17, 15) is 0 Å². The minimum atomic E-state index is 0.220. The van der Waals surface area contributed by atoms with Crippen LogP contribution in [0.5, 0.6) is 11.5 Å². The van der Waals surface area contributed by atoms with E-state index in [4.69, 9.17) is 20.6 Å². The molecule has 0 heterocycles. The van der Waals surface area contributed by atoms with Gasteiger partial charge in [0.25, 0.3) is 0 Å². The second-order valence-corrected chi connectivity index (χ2v) is 4.10. The molecule has 0 spiro atoms. The van der Waals surface area contributed by atoms with E-state index in [1.54, 1.807) is 7.11 Å². The molecule has 1 aromatic carbocycles. The Morgan fingerprint density at radius 2 is 1.83 bits per heavy atom. The summed E-state index contributed by atoms with van der Waals surface area (Å²) in [5.41, 5.74) is 5.30. The van der Waals surface area contributed by atoms with Crippen molar-refractivity contribution in [3.8, 4) is 11.5 Å². The highest BCUT2D eigenvalue weighted by molar-refractivity contribution is 5.76. The van der Waals surface area contributed by atoms with E-state index in [2.05, 4.69) is 4.90 Å². The van der Waals surface area contributed by atoms with Crippen molar-refractivity contribution in [2.75, 3.05) is 33.9 Å². The molecule has 0 aromatic heterocycles. The van der Waals surface area contributed by atoms with Crippen LogP contribution in [-0.2, 0) is 0 Å². The highest BCUT2D eigenvalue weighted by atomic mass is 16.5. The lowest BCUT2D eigenvalue weighted by molar-refractivity contribution is 0.240. The van der Waals surface area contributed by atoms with Crippen molar-refractivity contribution in [2.24, 2.45) is 5.73 Å². The smallest absolute Gasteiger partial charge is 0.119 e. The van der Waals surface area contributed by atoms with Crippen LogP contribution < -0.4 is 15.2 Å². The Bertz CT molecular complexity index is 365. The maximum Gasteiger partial charge on any atom is 0.119 e. The van der Waals surface area contributed by atoms with Gasteiger partial charge < -0.3 is 20.1 Å². The lowest BCUT2D eigenvalue weighted by Gasteiger charge is -2.16. The monoisotopic (exact) mass is 251 g/mol. The van der Waals surface area contributed by atoms with Crippen molar-refractivity contribution in [3.05, 3.63) is 24.3 Å². The minimum absolute atomic E-state index is 0.220. The third-order valence-corrected chi connectivity index (χ3v) is 2.56. The highest BCUT2D eigenvalue weighted by Gasteiger charge is 2.00. The lowest BCUT2D eigenvalue weighted by atomic mass is 10.3. The van der Waals surface area contributed by atoms with E-state index in [1.807, 2.05) is 31.3 Å². The molecule has 0 fully saturated rings. The van der Waals surface area contributed by atoms with Crippen LogP contribution in [-0.4, -0.2) is 44.6 Å². The van der Waals surface area contributed by atoms with Crippen molar-refractivity contribution in [3.63, 3.8) is 0 Å². The van der Waals surface area contributed by atoms with Gasteiger partial charge in [0.15, 0.2) is 0 Å². The number of nitrogens with zero attached hydrogens (tertiary/aromatic N) is 1. The van der Waals surface area contributed by atoms with E-state index in [1.165, 1.54) is 0 Å². The summed E-state index contributed by atoms with van der Waals surface area (Å²) in [5, 5.41) is 7.15. The van der Waals surface area contributed by atoms with Gasteiger partial charge in [0, 0.05) is 19.5 Å². The number of methoxy groups -OCH3 is 1. The molecule has 5 heteroatoms. The van der Waals surface area contributed by atoms with Crippen LogP contribution in [0.1, 0.15) is 6.42 Å². The molecular weight excluding hydrogens is 230 g/mol. The van der Waals surface area contributed by atoms with Crippen molar-refractivity contribution >= 4 is 5.84 Å². The number of benzene rings is 1. The van der Waals surface area contributed by atoms with Gasteiger partial charge in [-0.1, -0.05) is 0 Å². The second-order valence-electron chi connectivity index (χ2n) is 4.10. The molecule has 0 aliphatic carbocycles. The number of ether oxygens (including phenoxy) is 2. The van der Waals surface area contributed by atoms with Gasteiger partial charge in [-0.2, -0.15) is 0 Å². The molecule has 0 aliphatic rings. The molecule has 0 bridgehead atoms. The van der Waals surface area contributed by atoms with Gasteiger partial charge in [-0.05, 0) is 31.3 Å². The summed E-state index contributed by atoms with van der Waals surface area (Å²) in [7, 11) is 3.63. The van der Waals surface area contributed by atoms with Gasteiger partial charge in [-0.3, -0.25) is 5.41 Å². The molecule has 5 nitrogen and oxygen atoms in total. The molecule has 0 saturated carbocycles. The van der Waals surface area contributed by atoms with Crippen molar-refractivity contribution in [1.29, 1.82) is 5.41 Å². The molecule has 0 amide bonds. The maximum absolute atomic E-state index is 7.15. The standard InChI is InChI=1S/C13H21N3O2/c1-16(8-7-13(14)15)9-10-18-12-5-3-11(17-2)4-6-12/h3-6H,7-10H2,1-2H3,(H3,14,15). The predicted octanol–water partition coefficient (Wildman–Crippen LogP) is 1.33. The average Bonchev–Trinajstić information content (AvgIpc) is 2.37. The summed E-state index contributed by atoms with van der Waals surface area (Å²) in [5.74, 6) is 1.87. The molecule has 18 heavy (non-hydrogen) atoms. The van der Waals surface area contributed by atoms with Crippen molar-refractivity contribution in [1.82, 2.24) is 4.90 Å². The van der Waals surface area contributed by atoms with Crippen LogP contribution in [0.15, 0.2) is 24.3 Å². The van der Waals surface area contributed by atoms with Gasteiger partial charge in [-0.15, -0.1) is 0 Å². The van der Waals surface area contributed by atoms with E-state index >= 15 is 0 Å². The Kier molecular flexibility index (Phi) is 6.00. The first kappa shape index (κ1) is 14.3. The average molecular weight is 251 g/mol. The Morgan fingerprint density at radius 3 is 2.39 bits per heavy atom. The summed E-state index contributed by atoms with van der Waals surface area (Å²) in [6.07, 6.45) is 0.596. The van der Waals surface area contributed by atoms with Crippen LogP contribution in [0.4, 0.5) is 0 Å². The Morgan fingerprint density at radius 1 is 1.22 bits per heavy atom. The van der Waals surface area contributed by atoms with Crippen molar-refractivity contribution < 1.29 is 9.47 Å². The first-order chi connectivity index (χ1) is 8.61. The summed E-state index contributed by atoms with van der Waals surface area (Å²) in [6.45, 7) is 2.20. The summed E-state index contributed by atoms with van der Waals surface area (Å²) >= 11 is 0. The first-order valence-corrected chi connectivity index (χ1v) is 5.90. The summed E-state index contributed by atoms with van der Waals surface area (Å²) < 4.78 is 10.7. The fourth-order valence-corrected chi connectivity index (χ4v) is 1.41. The fourth-order valence-electron chi connectivity index (χ4n) is 1.41. The van der Waals surface area contributed by atoms with E-state index in [0.29, 0.717) is 13.0 Å². The molecule has 100 valence electrons. The molecule has 1 aromatic rings. The topological polar surface area (TPSA) is 71.6 Å². The van der Waals surface area contributed by atoms with Crippen LogP contribution in [0.25, 0.3) is 0 Å². The normalized spacial score (nSPS) is 10.4. The predicted molar refractivity (Wildman–Crippen MR) is 72.5 cm³/mol. The lowest BCUT2D eigenvalue weighted by Crippen LogP contribution is -2.28. The molecule has 0 aliphatic heterocycles. The fraction of sp³-hybridized carbons (Fsp3) is 0.462. The highest BCUT2D eigenvalue weighted by Crippen LogP contribution is 2.16. The largest absolute Gasteiger partial charge is 0.497 e. The van der Waals surface area contributed by atoms with Gasteiger partial charge in [-0.25, -0.2) is 0 Å². The quantitative estimate of drug-likeness (QED) is 0.540. The number of likely N-dealkylation sites (N-methyl/N-ethyl adjacent to an activating group) is 1. The SMILES string of the molecule is COc1ccc(OCCN(C)CCC(=N)N)cc1. The zero-order valence-electron chi connectivity index (χ0n) is 11.0. The summed E-state index contributed by atoms with van der Waals surface area (Å²) in [6, 6.07) is 7.51. The summed E-state index contributed by atoms with van der Waals surface area (Å²) in [4.78, 5) is 2.09. The molecule has 1 rings (SSSR count). The number of hydrogen-bond donors (Lipinski definition) is 2. The molecular formula is C13H21N3O2. The molecule has 3 N–H and O–H groups in total. The molecule has 0 saturated heterocycles. The number of rotatable bonds is 8. The zero-order chi connectivity index (χ0) is 13.4. The molecule has 0 atom stereocenters. The molecule has 0 unspecified atom stereocenters. The second kappa shape index (κ2) is 7.55.